The Balaban J connectivity index is 1.87. The van der Waals surface area contributed by atoms with Crippen LogP contribution in [0.4, 0.5) is 0 Å². The first-order chi connectivity index (χ1) is 9.95. The number of rotatable bonds is 3. The molecule has 1 aliphatic carbocycles. The Morgan fingerprint density at radius 3 is 2.62 bits per heavy atom. The van der Waals surface area contributed by atoms with Gasteiger partial charge in [-0.1, -0.05) is 62.7 Å². The molecule has 2 unspecified atom stereocenters. The van der Waals surface area contributed by atoms with E-state index in [0.29, 0.717) is 12.1 Å². The Morgan fingerprint density at radius 2 is 1.95 bits per heavy atom. The highest BCUT2D eigenvalue weighted by atomic mass is 35.5. The van der Waals surface area contributed by atoms with Crippen LogP contribution in [0.5, 0.6) is 0 Å². The molecule has 0 amide bonds. The Hall–Kier alpha value is -0.830. The summed E-state index contributed by atoms with van der Waals surface area (Å²) < 4.78 is 0.915. The van der Waals surface area contributed by atoms with Crippen LogP contribution >= 0.6 is 22.9 Å². The molecule has 2 aromatic rings. The molecule has 1 heterocycles. The summed E-state index contributed by atoms with van der Waals surface area (Å²) in [6, 6.07) is 13.7. The number of nitrogens with one attached hydrogen (secondary N) is 1. The van der Waals surface area contributed by atoms with E-state index in [1.807, 2.05) is 0 Å². The molecule has 0 saturated carbocycles. The highest BCUT2D eigenvalue weighted by Gasteiger charge is 2.32. The van der Waals surface area contributed by atoms with Crippen molar-refractivity contribution in [3.8, 4) is 0 Å². The van der Waals surface area contributed by atoms with Gasteiger partial charge in [-0.3, -0.25) is 0 Å². The van der Waals surface area contributed by atoms with Gasteiger partial charge in [-0.15, -0.1) is 11.3 Å². The average molecular weight is 320 g/mol. The van der Waals surface area contributed by atoms with Crippen molar-refractivity contribution >= 4 is 22.9 Å². The van der Waals surface area contributed by atoms with Crippen molar-refractivity contribution in [2.24, 2.45) is 5.41 Å². The van der Waals surface area contributed by atoms with E-state index >= 15 is 0 Å². The van der Waals surface area contributed by atoms with E-state index in [4.69, 9.17) is 11.6 Å². The summed E-state index contributed by atoms with van der Waals surface area (Å²) in [4.78, 5) is 1.46. The Kier molecular flexibility index (Phi) is 4.13. The zero-order valence-electron chi connectivity index (χ0n) is 12.8. The Labute approximate surface area is 136 Å². The van der Waals surface area contributed by atoms with E-state index in [0.717, 1.165) is 10.8 Å². The molecule has 0 bridgehead atoms. The van der Waals surface area contributed by atoms with Crippen molar-refractivity contribution < 1.29 is 0 Å². The Bertz CT molecular complexity index is 612. The van der Waals surface area contributed by atoms with E-state index in [1.165, 1.54) is 22.4 Å². The first-order valence-corrected chi connectivity index (χ1v) is 8.73. The van der Waals surface area contributed by atoms with Gasteiger partial charge in [0.15, 0.2) is 0 Å². The molecule has 3 heteroatoms. The van der Waals surface area contributed by atoms with Crippen LogP contribution < -0.4 is 5.32 Å². The lowest BCUT2D eigenvalue weighted by Crippen LogP contribution is -2.34. The molecule has 0 radical (unpaired) electrons. The van der Waals surface area contributed by atoms with Crippen LogP contribution in [0, 0.1) is 5.41 Å². The third kappa shape index (κ3) is 3.18. The van der Waals surface area contributed by atoms with Crippen molar-refractivity contribution in [3.05, 3.63) is 56.7 Å². The largest absolute Gasteiger partial charge is 0.303 e. The number of halogens is 1. The first kappa shape index (κ1) is 15.1. The molecule has 0 saturated heterocycles. The van der Waals surface area contributed by atoms with E-state index < -0.39 is 0 Å². The van der Waals surface area contributed by atoms with Gasteiger partial charge >= 0.3 is 0 Å². The number of thiophene rings is 1. The fraction of sp³-hybridized carbons (Fsp3) is 0.444. The fourth-order valence-corrected chi connectivity index (χ4v) is 4.55. The minimum absolute atomic E-state index is 0.171. The van der Waals surface area contributed by atoms with Crippen LogP contribution in [0.1, 0.15) is 55.3 Å². The van der Waals surface area contributed by atoms with Gasteiger partial charge in [0, 0.05) is 17.0 Å². The van der Waals surface area contributed by atoms with Crippen LogP contribution in [-0.4, -0.2) is 0 Å². The molecule has 0 aliphatic heterocycles. The average Bonchev–Trinajstić information content (AvgIpc) is 2.95. The maximum atomic E-state index is 6.18. The molecule has 3 rings (SSSR count). The van der Waals surface area contributed by atoms with Crippen LogP contribution in [-0.2, 0) is 6.42 Å². The van der Waals surface area contributed by atoms with Crippen LogP contribution in [0.3, 0.4) is 0 Å². The summed E-state index contributed by atoms with van der Waals surface area (Å²) in [6.45, 7) is 6.90. The summed E-state index contributed by atoms with van der Waals surface area (Å²) in [5.74, 6) is 0. The number of fused-ring (bicyclic) bond motifs is 1. The van der Waals surface area contributed by atoms with E-state index in [-0.39, 0.29) is 5.41 Å². The summed E-state index contributed by atoms with van der Waals surface area (Å²) in [5, 5.41) is 3.89. The maximum absolute atomic E-state index is 6.18. The number of hydrogen-bond donors (Lipinski definition) is 1. The zero-order chi connectivity index (χ0) is 15.0. The second-order valence-electron chi connectivity index (χ2n) is 6.90. The van der Waals surface area contributed by atoms with Gasteiger partial charge in [0.25, 0.3) is 0 Å². The highest BCUT2D eigenvalue weighted by molar-refractivity contribution is 7.16. The summed E-state index contributed by atoms with van der Waals surface area (Å²) in [5.41, 5.74) is 2.94. The van der Waals surface area contributed by atoms with Crippen LogP contribution in [0.25, 0.3) is 0 Å². The molecule has 1 aromatic carbocycles. The van der Waals surface area contributed by atoms with E-state index in [9.17, 15) is 0 Å². The topological polar surface area (TPSA) is 12.0 Å². The van der Waals surface area contributed by atoms with Crippen molar-refractivity contribution in [2.75, 3.05) is 0 Å². The lowest BCUT2D eigenvalue weighted by atomic mass is 9.81. The monoisotopic (exact) mass is 319 g/mol. The fourth-order valence-electron chi connectivity index (χ4n) is 3.20. The zero-order valence-corrected chi connectivity index (χ0v) is 14.4. The summed E-state index contributed by atoms with van der Waals surface area (Å²) in [6.07, 6.45) is 2.33. The molecule has 1 aliphatic rings. The smallest absolute Gasteiger partial charge is 0.0934 e. The van der Waals surface area contributed by atoms with Crippen LogP contribution in [0.2, 0.25) is 4.34 Å². The normalized spacial score (nSPS) is 19.5. The standard InChI is InChI=1S/C18H22ClNS/c1-18(2,3)17(12-7-5-4-6-8-12)20-14-9-10-15-13(14)11-16(19)21-15/h4-8,11,14,17,20H,9-10H2,1-3H3. The quantitative estimate of drug-likeness (QED) is 0.757. The van der Waals surface area contributed by atoms with E-state index in [2.05, 4.69) is 62.5 Å². The van der Waals surface area contributed by atoms with Gasteiger partial charge in [-0.05, 0) is 35.4 Å². The molecule has 0 spiro atoms. The SMILES string of the molecule is CC(C)(C)C(NC1CCc2sc(Cl)cc21)c1ccccc1. The second-order valence-corrected chi connectivity index (χ2v) is 8.66. The maximum Gasteiger partial charge on any atom is 0.0934 e. The molecule has 1 N–H and O–H groups in total. The Morgan fingerprint density at radius 1 is 1.24 bits per heavy atom. The van der Waals surface area contributed by atoms with Gasteiger partial charge in [0.05, 0.1) is 4.34 Å². The number of benzene rings is 1. The van der Waals surface area contributed by atoms with Gasteiger partial charge in [0.2, 0.25) is 0 Å². The predicted octanol–water partition coefficient (Wildman–Crippen LogP) is 5.77. The highest BCUT2D eigenvalue weighted by Crippen LogP contribution is 2.42. The summed E-state index contributed by atoms with van der Waals surface area (Å²) >= 11 is 7.91. The van der Waals surface area contributed by atoms with Gasteiger partial charge in [0.1, 0.15) is 0 Å². The van der Waals surface area contributed by atoms with Crippen molar-refractivity contribution in [1.29, 1.82) is 0 Å². The van der Waals surface area contributed by atoms with Gasteiger partial charge in [-0.2, -0.15) is 0 Å². The molecular formula is C18H22ClNS. The third-order valence-electron chi connectivity index (χ3n) is 4.21. The molecule has 1 nitrogen and oxygen atoms in total. The summed E-state index contributed by atoms with van der Waals surface area (Å²) in [7, 11) is 0. The van der Waals surface area contributed by atoms with Gasteiger partial charge in [-0.25, -0.2) is 0 Å². The molecular weight excluding hydrogens is 298 g/mol. The lowest BCUT2D eigenvalue weighted by Gasteiger charge is -2.34. The van der Waals surface area contributed by atoms with E-state index in [1.54, 1.807) is 11.3 Å². The number of hydrogen-bond acceptors (Lipinski definition) is 2. The molecule has 1 aromatic heterocycles. The lowest BCUT2D eigenvalue weighted by molar-refractivity contribution is 0.249. The van der Waals surface area contributed by atoms with Gasteiger partial charge < -0.3 is 5.32 Å². The molecule has 112 valence electrons. The minimum atomic E-state index is 0.171. The molecule has 2 atom stereocenters. The predicted molar refractivity (Wildman–Crippen MR) is 92.2 cm³/mol. The van der Waals surface area contributed by atoms with Crippen LogP contribution in [0.15, 0.2) is 36.4 Å². The third-order valence-corrected chi connectivity index (χ3v) is 5.55. The minimum Gasteiger partial charge on any atom is -0.303 e. The van der Waals surface area contributed by atoms with Crippen molar-refractivity contribution in [1.82, 2.24) is 5.32 Å². The first-order valence-electron chi connectivity index (χ1n) is 7.54. The van der Waals surface area contributed by atoms with Crippen molar-refractivity contribution in [2.45, 2.75) is 45.7 Å². The molecule has 21 heavy (non-hydrogen) atoms. The number of aryl methyl sites for hydroxylation is 1. The van der Waals surface area contributed by atoms with Crippen molar-refractivity contribution in [3.63, 3.8) is 0 Å². The molecule has 0 fully saturated rings. The second kappa shape index (κ2) is 5.75.